The molecule has 0 saturated carbocycles. The maximum Gasteiger partial charge on any atom is 0.260 e. The van der Waals surface area contributed by atoms with Crippen LogP contribution in [-0.4, -0.2) is 25.6 Å². The lowest BCUT2D eigenvalue weighted by atomic mass is 10.2. The van der Waals surface area contributed by atoms with Crippen LogP contribution in [0.5, 0.6) is 0 Å². The van der Waals surface area contributed by atoms with Crippen molar-refractivity contribution in [2.75, 3.05) is 5.73 Å². The predicted octanol–water partition coefficient (Wildman–Crippen LogP) is 1.71. The number of aromatic amines is 1. The number of rotatable bonds is 2. The van der Waals surface area contributed by atoms with Crippen LogP contribution in [0.25, 0.3) is 23.0 Å². The molecule has 0 aliphatic heterocycles. The molecule has 3 aromatic rings. The second kappa shape index (κ2) is 4.37. The summed E-state index contributed by atoms with van der Waals surface area (Å²) in [7, 11) is 0. The fourth-order valence-corrected chi connectivity index (χ4v) is 1.95. The molecule has 90 valence electrons. The molecule has 0 bridgehead atoms. The molecule has 7 nitrogen and oxygen atoms in total. The summed E-state index contributed by atoms with van der Waals surface area (Å²) in [5, 5.41) is 13.9. The van der Waals surface area contributed by atoms with Crippen molar-refractivity contribution in [1.29, 1.82) is 0 Å². The minimum absolute atomic E-state index is 0.365. The Hall–Kier alpha value is -1.97. The van der Waals surface area contributed by atoms with Crippen LogP contribution < -0.4 is 5.73 Å². The molecule has 0 spiro atoms. The van der Waals surface area contributed by atoms with E-state index in [1.807, 2.05) is 12.1 Å². The van der Waals surface area contributed by atoms with Gasteiger partial charge in [-0.05, 0) is 40.8 Å². The Bertz CT molecular complexity index is 678. The Morgan fingerprint density at radius 2 is 2.22 bits per heavy atom. The molecule has 2 aromatic heterocycles. The third-order valence-electron chi connectivity index (χ3n) is 2.32. The SMILES string of the molecule is Nc1ccc(I)cc1-c1nc(-c2cn[nH]n2)no1. The van der Waals surface area contributed by atoms with E-state index < -0.39 is 0 Å². The fourth-order valence-electron chi connectivity index (χ4n) is 1.46. The first-order valence-electron chi connectivity index (χ1n) is 4.99. The summed E-state index contributed by atoms with van der Waals surface area (Å²) in [4.78, 5) is 4.24. The van der Waals surface area contributed by atoms with Crippen LogP contribution in [0.2, 0.25) is 0 Å². The quantitative estimate of drug-likeness (QED) is 0.536. The van der Waals surface area contributed by atoms with Gasteiger partial charge >= 0.3 is 0 Å². The minimum Gasteiger partial charge on any atom is -0.398 e. The van der Waals surface area contributed by atoms with Crippen LogP contribution in [0.3, 0.4) is 0 Å². The number of anilines is 1. The smallest absolute Gasteiger partial charge is 0.260 e. The van der Waals surface area contributed by atoms with Gasteiger partial charge < -0.3 is 10.3 Å². The average Bonchev–Trinajstić information content (AvgIpc) is 3.00. The van der Waals surface area contributed by atoms with Crippen molar-refractivity contribution >= 4 is 28.3 Å². The first-order chi connectivity index (χ1) is 8.74. The van der Waals surface area contributed by atoms with Gasteiger partial charge in [0.2, 0.25) is 5.82 Å². The summed E-state index contributed by atoms with van der Waals surface area (Å²) in [6, 6.07) is 5.60. The molecule has 3 N–H and O–H groups in total. The summed E-state index contributed by atoms with van der Waals surface area (Å²) in [5.41, 5.74) is 7.71. The third kappa shape index (κ3) is 1.94. The first kappa shape index (κ1) is 11.1. The Morgan fingerprint density at radius 3 is 3.00 bits per heavy atom. The summed E-state index contributed by atoms with van der Waals surface area (Å²) in [6.45, 7) is 0. The van der Waals surface area contributed by atoms with E-state index in [0.29, 0.717) is 28.7 Å². The average molecular weight is 354 g/mol. The van der Waals surface area contributed by atoms with E-state index in [1.54, 1.807) is 6.07 Å². The maximum absolute atomic E-state index is 5.88. The normalized spacial score (nSPS) is 10.7. The molecule has 0 atom stereocenters. The van der Waals surface area contributed by atoms with Crippen molar-refractivity contribution in [3.05, 3.63) is 28.0 Å². The highest BCUT2D eigenvalue weighted by Gasteiger charge is 2.14. The van der Waals surface area contributed by atoms with Gasteiger partial charge in [-0.3, -0.25) is 0 Å². The van der Waals surface area contributed by atoms with Crippen molar-refractivity contribution in [1.82, 2.24) is 25.6 Å². The Balaban J connectivity index is 2.05. The summed E-state index contributed by atoms with van der Waals surface area (Å²) < 4.78 is 6.22. The van der Waals surface area contributed by atoms with Crippen LogP contribution in [-0.2, 0) is 0 Å². The van der Waals surface area contributed by atoms with Crippen molar-refractivity contribution in [2.24, 2.45) is 0 Å². The van der Waals surface area contributed by atoms with Gasteiger partial charge in [0.25, 0.3) is 5.89 Å². The topological polar surface area (TPSA) is 107 Å². The molecule has 0 fully saturated rings. The van der Waals surface area contributed by atoms with Crippen LogP contribution in [0.1, 0.15) is 0 Å². The maximum atomic E-state index is 5.88. The highest BCUT2D eigenvalue weighted by molar-refractivity contribution is 14.1. The van der Waals surface area contributed by atoms with Crippen molar-refractivity contribution in [3.63, 3.8) is 0 Å². The number of nitrogen functional groups attached to an aromatic ring is 1. The zero-order valence-corrected chi connectivity index (χ0v) is 11.1. The van der Waals surface area contributed by atoms with Crippen LogP contribution in [0.4, 0.5) is 5.69 Å². The van der Waals surface area contributed by atoms with E-state index >= 15 is 0 Å². The van der Waals surface area contributed by atoms with Gasteiger partial charge in [0.05, 0.1) is 11.8 Å². The van der Waals surface area contributed by atoms with Gasteiger partial charge in [0.15, 0.2) is 5.69 Å². The van der Waals surface area contributed by atoms with Gasteiger partial charge in [-0.1, -0.05) is 5.16 Å². The number of nitrogens with two attached hydrogens (primary N) is 1. The van der Waals surface area contributed by atoms with Gasteiger partial charge in [0.1, 0.15) is 0 Å². The van der Waals surface area contributed by atoms with Crippen molar-refractivity contribution in [2.45, 2.75) is 0 Å². The summed E-state index contributed by atoms with van der Waals surface area (Å²) in [5.74, 6) is 0.737. The molecule has 8 heteroatoms. The molecule has 2 heterocycles. The molecular formula is C10H7IN6O. The third-order valence-corrected chi connectivity index (χ3v) is 2.99. The molecule has 1 aromatic carbocycles. The molecule has 0 amide bonds. The number of H-pyrrole nitrogens is 1. The lowest BCUT2D eigenvalue weighted by Gasteiger charge is -2.00. The Morgan fingerprint density at radius 1 is 1.33 bits per heavy atom. The molecule has 0 radical (unpaired) electrons. The molecule has 3 rings (SSSR count). The van der Waals surface area contributed by atoms with E-state index in [1.165, 1.54) is 6.20 Å². The largest absolute Gasteiger partial charge is 0.398 e. The number of nitrogens with one attached hydrogen (secondary N) is 1. The number of hydrogen-bond donors (Lipinski definition) is 2. The molecule has 0 unspecified atom stereocenters. The zero-order valence-electron chi connectivity index (χ0n) is 8.96. The number of benzene rings is 1. The fraction of sp³-hybridized carbons (Fsp3) is 0. The Kier molecular flexibility index (Phi) is 2.70. The van der Waals surface area contributed by atoms with E-state index in [9.17, 15) is 0 Å². The second-order valence-electron chi connectivity index (χ2n) is 3.51. The summed E-state index contributed by atoms with van der Waals surface area (Å²) >= 11 is 2.19. The lowest BCUT2D eigenvalue weighted by molar-refractivity contribution is 0.432. The highest BCUT2D eigenvalue weighted by atomic mass is 127. The van der Waals surface area contributed by atoms with Crippen LogP contribution in [0, 0.1) is 3.57 Å². The monoisotopic (exact) mass is 354 g/mol. The Labute approximate surface area is 115 Å². The zero-order chi connectivity index (χ0) is 12.5. The van der Waals surface area contributed by atoms with E-state index in [0.717, 1.165) is 3.57 Å². The first-order valence-corrected chi connectivity index (χ1v) is 6.07. The number of halogens is 1. The highest BCUT2D eigenvalue weighted by Crippen LogP contribution is 2.27. The van der Waals surface area contributed by atoms with Crippen molar-refractivity contribution < 1.29 is 4.52 Å². The number of hydrogen-bond acceptors (Lipinski definition) is 6. The van der Waals surface area contributed by atoms with Gasteiger partial charge in [-0.15, -0.1) is 0 Å². The van der Waals surface area contributed by atoms with E-state index in [-0.39, 0.29) is 0 Å². The molecule has 18 heavy (non-hydrogen) atoms. The van der Waals surface area contributed by atoms with Gasteiger partial charge in [-0.2, -0.15) is 20.4 Å². The van der Waals surface area contributed by atoms with Crippen LogP contribution >= 0.6 is 22.6 Å². The minimum atomic E-state index is 0.365. The van der Waals surface area contributed by atoms with Crippen molar-refractivity contribution in [3.8, 4) is 23.0 Å². The number of aromatic nitrogens is 5. The van der Waals surface area contributed by atoms with E-state index in [2.05, 4.69) is 48.1 Å². The molecule has 0 aliphatic carbocycles. The standard InChI is InChI=1S/C10H7IN6O/c11-5-1-2-7(12)6(3-5)10-14-9(16-18-10)8-4-13-17-15-8/h1-4H,12H2,(H,13,15,17). The predicted molar refractivity (Wildman–Crippen MR) is 72.2 cm³/mol. The molecule has 0 saturated heterocycles. The molecule has 0 aliphatic rings. The van der Waals surface area contributed by atoms with E-state index in [4.69, 9.17) is 10.3 Å². The van der Waals surface area contributed by atoms with Gasteiger partial charge in [-0.25, -0.2) is 0 Å². The van der Waals surface area contributed by atoms with Crippen LogP contribution in [0.15, 0.2) is 28.9 Å². The summed E-state index contributed by atoms with van der Waals surface area (Å²) in [6.07, 6.45) is 1.52. The lowest BCUT2D eigenvalue weighted by Crippen LogP contribution is -1.91. The van der Waals surface area contributed by atoms with Gasteiger partial charge in [0, 0.05) is 9.26 Å². The number of nitrogens with zero attached hydrogens (tertiary/aromatic N) is 4. The second-order valence-corrected chi connectivity index (χ2v) is 4.76. The molecular weight excluding hydrogens is 347 g/mol.